The lowest BCUT2D eigenvalue weighted by atomic mass is 10.1. The van der Waals surface area contributed by atoms with E-state index in [4.69, 9.17) is 0 Å². The van der Waals surface area contributed by atoms with E-state index in [9.17, 15) is 5.11 Å². The number of phenolic OH excluding ortho intramolecular Hbond substituents is 1. The van der Waals surface area contributed by atoms with Gasteiger partial charge in [-0.3, -0.25) is 0 Å². The van der Waals surface area contributed by atoms with Crippen molar-refractivity contribution >= 4 is 11.3 Å². The number of aromatic hydroxyl groups is 1. The third kappa shape index (κ3) is 2.74. The summed E-state index contributed by atoms with van der Waals surface area (Å²) in [5.41, 5.74) is 3.62. The molecular formula is C17H21NOS. The monoisotopic (exact) mass is 287 g/mol. The fourth-order valence-electron chi connectivity index (χ4n) is 2.86. The van der Waals surface area contributed by atoms with Gasteiger partial charge < -0.3 is 10.4 Å². The van der Waals surface area contributed by atoms with Gasteiger partial charge in [0.25, 0.3) is 0 Å². The number of fused-ring (bicyclic) bond motifs is 1. The topological polar surface area (TPSA) is 32.3 Å². The molecule has 1 aromatic carbocycles. The lowest BCUT2D eigenvalue weighted by Gasteiger charge is -2.15. The molecule has 0 saturated carbocycles. The first-order chi connectivity index (χ1) is 9.63. The van der Waals surface area contributed by atoms with Crippen LogP contribution in [0.15, 0.2) is 24.3 Å². The lowest BCUT2D eigenvalue weighted by molar-refractivity contribution is 0.452. The molecule has 0 saturated heterocycles. The molecule has 1 atom stereocenters. The van der Waals surface area contributed by atoms with Gasteiger partial charge in [0.2, 0.25) is 0 Å². The van der Waals surface area contributed by atoms with Crippen LogP contribution in [-0.2, 0) is 19.4 Å². The van der Waals surface area contributed by atoms with E-state index >= 15 is 0 Å². The molecule has 0 radical (unpaired) electrons. The van der Waals surface area contributed by atoms with E-state index in [1.165, 1.54) is 24.1 Å². The van der Waals surface area contributed by atoms with Crippen LogP contribution in [0.1, 0.15) is 45.8 Å². The standard InChI is InChI=1S/C17H21NOS/c1-11-6-7-15(16(19)8-11)12(2)18-10-14-9-13-4-3-5-17(13)20-14/h6-9,12,18-19H,3-5,10H2,1-2H3. The van der Waals surface area contributed by atoms with Crippen molar-refractivity contribution in [3.05, 3.63) is 50.7 Å². The predicted octanol–water partition coefficient (Wildman–Crippen LogP) is 4.10. The molecule has 0 fully saturated rings. The molecule has 2 aromatic rings. The molecule has 1 aliphatic carbocycles. The van der Waals surface area contributed by atoms with Crippen molar-refractivity contribution in [3.63, 3.8) is 0 Å². The van der Waals surface area contributed by atoms with Crippen LogP contribution >= 0.6 is 11.3 Å². The average molecular weight is 287 g/mol. The van der Waals surface area contributed by atoms with Gasteiger partial charge in [0, 0.05) is 27.9 Å². The van der Waals surface area contributed by atoms with Crippen molar-refractivity contribution in [2.45, 2.75) is 45.7 Å². The Morgan fingerprint density at radius 3 is 2.90 bits per heavy atom. The number of phenols is 1. The van der Waals surface area contributed by atoms with E-state index in [-0.39, 0.29) is 6.04 Å². The maximum Gasteiger partial charge on any atom is 0.120 e. The van der Waals surface area contributed by atoms with Gasteiger partial charge in [-0.05, 0) is 56.4 Å². The summed E-state index contributed by atoms with van der Waals surface area (Å²) in [5, 5.41) is 13.5. The number of thiophene rings is 1. The SMILES string of the molecule is Cc1ccc(C(C)NCc2cc3c(s2)CCC3)c(O)c1. The van der Waals surface area contributed by atoms with Crippen molar-refractivity contribution in [2.75, 3.05) is 0 Å². The van der Waals surface area contributed by atoms with Crippen molar-refractivity contribution in [1.29, 1.82) is 0 Å². The highest BCUT2D eigenvalue weighted by atomic mass is 32.1. The Morgan fingerprint density at radius 2 is 2.15 bits per heavy atom. The molecule has 1 unspecified atom stereocenters. The zero-order chi connectivity index (χ0) is 14.1. The average Bonchev–Trinajstić information content (AvgIpc) is 2.96. The Kier molecular flexibility index (Phi) is 3.81. The van der Waals surface area contributed by atoms with Crippen LogP contribution in [0.4, 0.5) is 0 Å². The molecule has 3 heteroatoms. The Hall–Kier alpha value is -1.32. The molecule has 106 valence electrons. The first-order valence-electron chi connectivity index (χ1n) is 7.27. The summed E-state index contributed by atoms with van der Waals surface area (Å²) in [6.07, 6.45) is 3.83. The summed E-state index contributed by atoms with van der Waals surface area (Å²) in [5.74, 6) is 0.388. The fourth-order valence-corrected chi connectivity index (χ4v) is 4.07. The summed E-state index contributed by atoms with van der Waals surface area (Å²) < 4.78 is 0. The van der Waals surface area contributed by atoms with Crippen LogP contribution in [-0.4, -0.2) is 5.11 Å². The Morgan fingerprint density at radius 1 is 1.30 bits per heavy atom. The normalized spacial score (nSPS) is 15.3. The first kappa shape index (κ1) is 13.7. The number of rotatable bonds is 4. The Labute approximate surface area is 124 Å². The second-order valence-electron chi connectivity index (χ2n) is 5.68. The molecule has 0 spiro atoms. The van der Waals surface area contributed by atoms with Crippen LogP contribution in [0.3, 0.4) is 0 Å². The van der Waals surface area contributed by atoms with Crippen LogP contribution in [0, 0.1) is 6.92 Å². The quantitative estimate of drug-likeness (QED) is 0.887. The van der Waals surface area contributed by atoms with Gasteiger partial charge in [-0.25, -0.2) is 0 Å². The zero-order valence-corrected chi connectivity index (χ0v) is 12.9. The third-order valence-corrected chi connectivity index (χ3v) is 5.27. The van der Waals surface area contributed by atoms with E-state index in [1.54, 1.807) is 10.4 Å². The number of nitrogens with one attached hydrogen (secondary N) is 1. The molecule has 1 aromatic heterocycles. The van der Waals surface area contributed by atoms with Crippen LogP contribution in [0.5, 0.6) is 5.75 Å². The van der Waals surface area contributed by atoms with Gasteiger partial charge in [0.15, 0.2) is 0 Å². The predicted molar refractivity (Wildman–Crippen MR) is 84.4 cm³/mol. The summed E-state index contributed by atoms with van der Waals surface area (Å²) in [7, 11) is 0. The van der Waals surface area contributed by atoms with E-state index < -0.39 is 0 Å². The minimum atomic E-state index is 0.160. The minimum absolute atomic E-state index is 0.160. The largest absolute Gasteiger partial charge is 0.508 e. The highest BCUT2D eigenvalue weighted by Crippen LogP contribution is 2.31. The van der Waals surface area contributed by atoms with Gasteiger partial charge in [-0.1, -0.05) is 12.1 Å². The van der Waals surface area contributed by atoms with E-state index in [0.717, 1.165) is 17.7 Å². The number of hydrogen-bond donors (Lipinski definition) is 2. The van der Waals surface area contributed by atoms with Crippen LogP contribution < -0.4 is 5.32 Å². The molecule has 2 N–H and O–H groups in total. The summed E-state index contributed by atoms with van der Waals surface area (Å²) in [6, 6.07) is 8.39. The van der Waals surface area contributed by atoms with Crippen molar-refractivity contribution in [2.24, 2.45) is 0 Å². The minimum Gasteiger partial charge on any atom is -0.508 e. The summed E-state index contributed by atoms with van der Waals surface area (Å²) in [6.45, 7) is 4.98. The van der Waals surface area contributed by atoms with E-state index in [2.05, 4.69) is 18.3 Å². The van der Waals surface area contributed by atoms with Crippen LogP contribution in [0.2, 0.25) is 0 Å². The molecule has 0 amide bonds. The Balaban J connectivity index is 1.65. The fraction of sp³-hybridized carbons (Fsp3) is 0.412. The maximum atomic E-state index is 10.0. The van der Waals surface area contributed by atoms with Crippen molar-refractivity contribution < 1.29 is 5.11 Å². The van der Waals surface area contributed by atoms with Gasteiger partial charge in [-0.2, -0.15) is 0 Å². The van der Waals surface area contributed by atoms with Gasteiger partial charge in [-0.15, -0.1) is 11.3 Å². The molecule has 3 rings (SSSR count). The number of aryl methyl sites for hydroxylation is 3. The highest BCUT2D eigenvalue weighted by Gasteiger charge is 2.15. The second kappa shape index (κ2) is 5.58. The van der Waals surface area contributed by atoms with Crippen molar-refractivity contribution in [3.8, 4) is 5.75 Å². The van der Waals surface area contributed by atoms with Gasteiger partial charge >= 0.3 is 0 Å². The van der Waals surface area contributed by atoms with Crippen molar-refractivity contribution in [1.82, 2.24) is 5.32 Å². The molecule has 20 heavy (non-hydrogen) atoms. The highest BCUT2D eigenvalue weighted by molar-refractivity contribution is 7.12. The lowest BCUT2D eigenvalue weighted by Crippen LogP contribution is -2.17. The molecule has 2 nitrogen and oxygen atoms in total. The van der Waals surface area contributed by atoms with Crippen LogP contribution in [0.25, 0.3) is 0 Å². The van der Waals surface area contributed by atoms with E-state index in [0.29, 0.717) is 5.75 Å². The first-order valence-corrected chi connectivity index (χ1v) is 8.08. The van der Waals surface area contributed by atoms with Gasteiger partial charge in [0.1, 0.15) is 5.75 Å². The second-order valence-corrected chi connectivity index (χ2v) is 6.90. The number of hydrogen-bond acceptors (Lipinski definition) is 3. The summed E-state index contributed by atoms with van der Waals surface area (Å²) in [4.78, 5) is 2.99. The molecule has 0 aliphatic heterocycles. The molecular weight excluding hydrogens is 266 g/mol. The van der Waals surface area contributed by atoms with E-state index in [1.807, 2.05) is 36.5 Å². The third-order valence-electron chi connectivity index (χ3n) is 4.03. The molecule has 1 aliphatic rings. The zero-order valence-electron chi connectivity index (χ0n) is 12.1. The van der Waals surface area contributed by atoms with Gasteiger partial charge in [0.05, 0.1) is 0 Å². The molecule has 1 heterocycles. The number of benzene rings is 1. The maximum absolute atomic E-state index is 10.0. The summed E-state index contributed by atoms with van der Waals surface area (Å²) >= 11 is 1.94. The smallest absolute Gasteiger partial charge is 0.120 e. The Bertz CT molecular complexity index is 596. The molecule has 0 bridgehead atoms.